The number of nitrogens with one attached hydrogen (secondary N) is 2. The lowest BCUT2D eigenvalue weighted by molar-refractivity contribution is -0.121. The standard InChI is InChI=1S/C21H27N3O2/c1-16(2)11-21(15-25)14-22-9-10-24(21)13-17-3-5-18(6-4-17)19-7-8-20(26)23-12-19/h3-8,12,15-16,22H,9-11,13-14H2,1-2H3,(H,23,26). The van der Waals surface area contributed by atoms with Crippen molar-refractivity contribution in [1.82, 2.24) is 15.2 Å². The maximum absolute atomic E-state index is 12.0. The lowest BCUT2D eigenvalue weighted by Gasteiger charge is -2.45. The molecule has 1 aromatic carbocycles. The van der Waals surface area contributed by atoms with Crippen molar-refractivity contribution < 1.29 is 4.79 Å². The highest BCUT2D eigenvalue weighted by Gasteiger charge is 2.39. The Morgan fingerprint density at radius 1 is 1.15 bits per heavy atom. The molecule has 0 aliphatic carbocycles. The van der Waals surface area contributed by atoms with E-state index in [1.807, 2.05) is 6.07 Å². The molecule has 2 N–H and O–H groups in total. The summed E-state index contributed by atoms with van der Waals surface area (Å²) < 4.78 is 0. The maximum Gasteiger partial charge on any atom is 0.247 e. The molecule has 2 aromatic rings. The number of aromatic amines is 1. The quantitative estimate of drug-likeness (QED) is 0.783. The first-order valence-corrected chi connectivity index (χ1v) is 9.22. The Labute approximate surface area is 154 Å². The molecule has 5 heteroatoms. The number of benzene rings is 1. The van der Waals surface area contributed by atoms with Gasteiger partial charge in [-0.2, -0.15) is 0 Å². The van der Waals surface area contributed by atoms with E-state index in [0.29, 0.717) is 12.5 Å². The van der Waals surface area contributed by atoms with Crippen molar-refractivity contribution in [2.24, 2.45) is 5.92 Å². The average Bonchev–Trinajstić information content (AvgIpc) is 2.64. The molecule has 0 amide bonds. The van der Waals surface area contributed by atoms with Gasteiger partial charge < -0.3 is 15.1 Å². The molecule has 1 saturated heterocycles. The molecule has 1 atom stereocenters. The smallest absolute Gasteiger partial charge is 0.247 e. The summed E-state index contributed by atoms with van der Waals surface area (Å²) in [5.74, 6) is 0.463. The molecule has 0 saturated carbocycles. The molecule has 1 aliphatic rings. The first kappa shape index (κ1) is 18.5. The molecular weight excluding hydrogens is 326 g/mol. The molecule has 5 nitrogen and oxygen atoms in total. The fourth-order valence-corrected chi connectivity index (χ4v) is 3.78. The minimum atomic E-state index is -0.427. The molecular formula is C21H27N3O2. The van der Waals surface area contributed by atoms with E-state index in [2.05, 4.69) is 53.3 Å². The minimum absolute atomic E-state index is 0.0977. The van der Waals surface area contributed by atoms with E-state index < -0.39 is 5.54 Å². The normalized spacial score (nSPS) is 21.0. The third-order valence-electron chi connectivity index (χ3n) is 5.05. The highest BCUT2D eigenvalue weighted by atomic mass is 16.1. The molecule has 138 valence electrons. The van der Waals surface area contributed by atoms with Crippen LogP contribution in [0.5, 0.6) is 0 Å². The number of carbonyl (C=O) groups is 1. The van der Waals surface area contributed by atoms with Crippen LogP contribution in [0.4, 0.5) is 0 Å². The van der Waals surface area contributed by atoms with Gasteiger partial charge >= 0.3 is 0 Å². The van der Waals surface area contributed by atoms with Crippen LogP contribution in [0.25, 0.3) is 11.1 Å². The Morgan fingerprint density at radius 2 is 1.88 bits per heavy atom. The number of aldehydes is 1. The van der Waals surface area contributed by atoms with Gasteiger partial charge in [-0.05, 0) is 35.1 Å². The van der Waals surface area contributed by atoms with Crippen molar-refractivity contribution in [1.29, 1.82) is 0 Å². The van der Waals surface area contributed by atoms with Gasteiger partial charge in [0.2, 0.25) is 5.56 Å². The van der Waals surface area contributed by atoms with Crippen LogP contribution in [0.1, 0.15) is 25.8 Å². The molecule has 0 bridgehead atoms. The number of rotatable bonds is 6. The van der Waals surface area contributed by atoms with E-state index in [1.165, 1.54) is 11.6 Å². The van der Waals surface area contributed by atoms with Gasteiger partial charge in [-0.15, -0.1) is 0 Å². The first-order chi connectivity index (χ1) is 12.5. The monoisotopic (exact) mass is 353 g/mol. The van der Waals surface area contributed by atoms with E-state index in [0.717, 1.165) is 43.5 Å². The second-order valence-corrected chi connectivity index (χ2v) is 7.56. The van der Waals surface area contributed by atoms with Crippen LogP contribution >= 0.6 is 0 Å². The Bertz CT molecular complexity index is 777. The lowest BCUT2D eigenvalue weighted by Crippen LogP contribution is -2.62. The van der Waals surface area contributed by atoms with Crippen molar-refractivity contribution >= 4 is 6.29 Å². The predicted octanol–water partition coefficient (Wildman–Crippen LogP) is 2.43. The molecule has 1 aliphatic heterocycles. The zero-order valence-corrected chi connectivity index (χ0v) is 15.5. The zero-order chi connectivity index (χ0) is 18.6. The molecule has 3 rings (SSSR count). The number of aromatic nitrogens is 1. The summed E-state index contributed by atoms with van der Waals surface area (Å²) in [7, 11) is 0. The van der Waals surface area contributed by atoms with Gasteiger partial charge in [-0.3, -0.25) is 9.69 Å². The molecule has 0 spiro atoms. The summed E-state index contributed by atoms with van der Waals surface area (Å²) in [6.07, 6.45) is 3.72. The van der Waals surface area contributed by atoms with Crippen molar-refractivity contribution in [3.63, 3.8) is 0 Å². The number of hydrogen-bond donors (Lipinski definition) is 2. The number of nitrogens with zero attached hydrogens (tertiary/aromatic N) is 1. The third kappa shape index (κ3) is 4.11. The van der Waals surface area contributed by atoms with E-state index in [4.69, 9.17) is 0 Å². The van der Waals surface area contributed by atoms with Crippen LogP contribution in [-0.2, 0) is 11.3 Å². The van der Waals surface area contributed by atoms with E-state index in [9.17, 15) is 9.59 Å². The van der Waals surface area contributed by atoms with E-state index in [1.54, 1.807) is 6.20 Å². The fourth-order valence-electron chi connectivity index (χ4n) is 3.78. The Morgan fingerprint density at radius 3 is 2.50 bits per heavy atom. The van der Waals surface area contributed by atoms with Gasteiger partial charge in [0.25, 0.3) is 0 Å². The van der Waals surface area contributed by atoms with Gasteiger partial charge in [0, 0.05) is 38.4 Å². The van der Waals surface area contributed by atoms with E-state index >= 15 is 0 Å². The Hall–Kier alpha value is -2.24. The van der Waals surface area contributed by atoms with Crippen molar-refractivity contribution in [3.8, 4) is 11.1 Å². The molecule has 0 radical (unpaired) electrons. The lowest BCUT2D eigenvalue weighted by atomic mass is 9.86. The number of H-pyrrole nitrogens is 1. The summed E-state index contributed by atoms with van der Waals surface area (Å²) in [5.41, 5.74) is 2.72. The van der Waals surface area contributed by atoms with Crippen molar-refractivity contribution in [2.75, 3.05) is 19.6 Å². The summed E-state index contributed by atoms with van der Waals surface area (Å²) in [4.78, 5) is 28.2. The second-order valence-electron chi connectivity index (χ2n) is 7.56. The molecule has 1 aromatic heterocycles. The molecule has 1 fully saturated rings. The van der Waals surface area contributed by atoms with Crippen LogP contribution in [0.15, 0.2) is 47.4 Å². The van der Waals surface area contributed by atoms with Gasteiger partial charge in [-0.1, -0.05) is 38.1 Å². The van der Waals surface area contributed by atoms with Crippen molar-refractivity contribution in [2.45, 2.75) is 32.4 Å². The van der Waals surface area contributed by atoms with E-state index in [-0.39, 0.29) is 5.56 Å². The van der Waals surface area contributed by atoms with Gasteiger partial charge in [0.15, 0.2) is 0 Å². The van der Waals surface area contributed by atoms with Crippen LogP contribution < -0.4 is 10.9 Å². The number of piperazine rings is 1. The first-order valence-electron chi connectivity index (χ1n) is 9.22. The molecule has 26 heavy (non-hydrogen) atoms. The maximum atomic E-state index is 12.0. The number of carbonyl (C=O) groups excluding carboxylic acids is 1. The molecule has 1 unspecified atom stereocenters. The van der Waals surface area contributed by atoms with Crippen LogP contribution in [0.2, 0.25) is 0 Å². The highest BCUT2D eigenvalue weighted by Crippen LogP contribution is 2.27. The summed E-state index contributed by atoms with van der Waals surface area (Å²) in [5, 5.41) is 3.38. The second kappa shape index (κ2) is 7.98. The molecule has 2 heterocycles. The van der Waals surface area contributed by atoms with Crippen LogP contribution in [0, 0.1) is 5.92 Å². The summed E-state index contributed by atoms with van der Waals surface area (Å²) in [6, 6.07) is 11.7. The zero-order valence-electron chi connectivity index (χ0n) is 15.5. The Kier molecular flexibility index (Phi) is 5.69. The van der Waals surface area contributed by atoms with Crippen LogP contribution in [0.3, 0.4) is 0 Å². The van der Waals surface area contributed by atoms with Crippen LogP contribution in [-0.4, -0.2) is 41.3 Å². The van der Waals surface area contributed by atoms with Gasteiger partial charge in [0.1, 0.15) is 6.29 Å². The summed E-state index contributed by atoms with van der Waals surface area (Å²) >= 11 is 0. The summed E-state index contributed by atoms with van der Waals surface area (Å²) in [6.45, 7) is 7.58. The average molecular weight is 353 g/mol. The minimum Gasteiger partial charge on any atom is -0.328 e. The van der Waals surface area contributed by atoms with Crippen molar-refractivity contribution in [3.05, 3.63) is 58.5 Å². The largest absolute Gasteiger partial charge is 0.328 e. The number of pyridine rings is 1. The number of hydrogen-bond acceptors (Lipinski definition) is 4. The third-order valence-corrected chi connectivity index (χ3v) is 5.05. The fraction of sp³-hybridized carbons (Fsp3) is 0.429. The van der Waals surface area contributed by atoms with Gasteiger partial charge in [0.05, 0.1) is 5.54 Å². The topological polar surface area (TPSA) is 65.2 Å². The Balaban J connectivity index is 1.77. The predicted molar refractivity (Wildman–Crippen MR) is 104 cm³/mol. The SMILES string of the molecule is CC(C)CC1(C=O)CNCCN1Cc1ccc(-c2ccc(=O)[nH]c2)cc1. The van der Waals surface area contributed by atoms with Gasteiger partial charge in [-0.25, -0.2) is 0 Å². The highest BCUT2D eigenvalue weighted by molar-refractivity contribution is 5.65.